The van der Waals surface area contributed by atoms with E-state index in [0.29, 0.717) is 43.0 Å². The van der Waals surface area contributed by atoms with Crippen LogP contribution in [0.3, 0.4) is 0 Å². The Labute approximate surface area is 364 Å². The lowest BCUT2D eigenvalue weighted by molar-refractivity contribution is -0.193. The number of piperidine rings is 1. The molecule has 0 bridgehead atoms. The van der Waals surface area contributed by atoms with Gasteiger partial charge in [0.05, 0.1) is 6.04 Å². The number of halogens is 7. The largest absolute Gasteiger partial charge is 0.490 e. The number of carboxylic acids is 2. The molecule has 7 rings (SSSR count). The number of benzene rings is 3. The number of hydrogen-bond acceptors (Lipinski definition) is 6. The van der Waals surface area contributed by atoms with Gasteiger partial charge in [0.25, 0.3) is 5.91 Å². The van der Waals surface area contributed by atoms with Crippen LogP contribution in [0.1, 0.15) is 47.3 Å². The van der Waals surface area contributed by atoms with Gasteiger partial charge in [0.2, 0.25) is 5.91 Å². The van der Waals surface area contributed by atoms with E-state index in [1.165, 1.54) is 0 Å². The molecule has 63 heavy (non-hydrogen) atoms. The van der Waals surface area contributed by atoms with Crippen molar-refractivity contribution in [2.75, 3.05) is 51.7 Å². The highest BCUT2D eigenvalue weighted by molar-refractivity contribution is 6.30. The van der Waals surface area contributed by atoms with Crippen molar-refractivity contribution in [3.8, 4) is 0 Å². The molecule has 0 aliphatic carbocycles. The number of alkyl halides is 6. The third-order valence-electron chi connectivity index (χ3n) is 11.2. The molecule has 2 amide bonds. The summed E-state index contributed by atoms with van der Waals surface area (Å²) >= 11 is 6.46. The predicted molar refractivity (Wildman–Crippen MR) is 227 cm³/mol. The molecule has 1 fully saturated rings. The summed E-state index contributed by atoms with van der Waals surface area (Å²) in [5.41, 5.74) is 6.09. The number of fused-ring (bicyclic) bond motifs is 3. The fourth-order valence-corrected chi connectivity index (χ4v) is 8.34. The van der Waals surface area contributed by atoms with Gasteiger partial charge in [-0.1, -0.05) is 54.9 Å². The maximum absolute atomic E-state index is 14.9. The molecule has 2 aliphatic rings. The minimum atomic E-state index is -5.08. The number of aryl methyl sites for hydroxylation is 1. The first kappa shape index (κ1) is 48.4. The highest BCUT2D eigenvalue weighted by atomic mass is 35.5. The van der Waals surface area contributed by atoms with E-state index in [-0.39, 0.29) is 17.7 Å². The van der Waals surface area contributed by atoms with Gasteiger partial charge in [0.15, 0.2) is 0 Å². The molecule has 3 atom stereocenters. The van der Waals surface area contributed by atoms with Crippen LogP contribution in [-0.2, 0) is 27.9 Å². The molecule has 4 N–H and O–H groups in total. The number of aromatic nitrogens is 2. The first-order valence-electron chi connectivity index (χ1n) is 20.0. The number of carbonyl (C=O) groups excluding carboxylic acids is 2. The molecule has 5 aromatic rings. The Balaban J connectivity index is 0.000000463. The van der Waals surface area contributed by atoms with Crippen molar-refractivity contribution in [2.24, 2.45) is 18.9 Å². The van der Waals surface area contributed by atoms with Crippen molar-refractivity contribution < 1.29 is 55.7 Å². The normalized spacial score (nSPS) is 16.7. The lowest BCUT2D eigenvalue weighted by atomic mass is 9.88. The number of amides is 2. The zero-order valence-corrected chi connectivity index (χ0v) is 35.7. The van der Waals surface area contributed by atoms with Crippen molar-refractivity contribution in [1.29, 1.82) is 0 Å². The number of likely N-dealkylation sites (tertiary alicyclic amines) is 1. The number of carboxylic acid groups (broad SMARTS) is 2. The quantitative estimate of drug-likeness (QED) is 0.109. The van der Waals surface area contributed by atoms with Crippen LogP contribution in [0, 0.1) is 11.8 Å². The van der Waals surface area contributed by atoms with Crippen LogP contribution in [0.25, 0.3) is 21.8 Å². The summed E-state index contributed by atoms with van der Waals surface area (Å²) in [6, 6.07) is 23.9. The second-order valence-electron chi connectivity index (χ2n) is 16.0. The fraction of sp³-hybridized carbons (Fsp3) is 0.409. The summed E-state index contributed by atoms with van der Waals surface area (Å²) in [5, 5.41) is 21.0. The van der Waals surface area contributed by atoms with Crippen molar-refractivity contribution in [1.82, 2.24) is 24.7 Å². The van der Waals surface area contributed by atoms with Gasteiger partial charge in [-0.05, 0) is 99.3 Å². The van der Waals surface area contributed by atoms with E-state index in [1.807, 2.05) is 63.9 Å². The molecule has 0 radical (unpaired) electrons. The molecule has 2 aliphatic heterocycles. The Morgan fingerprint density at radius 2 is 1.49 bits per heavy atom. The number of carbonyl (C=O) groups is 4. The van der Waals surface area contributed by atoms with Gasteiger partial charge in [-0.15, -0.1) is 0 Å². The first-order valence-corrected chi connectivity index (χ1v) is 20.4. The average molecular weight is 907 g/mol. The summed E-state index contributed by atoms with van der Waals surface area (Å²) in [7, 11) is 6.14. The predicted octanol–water partition coefficient (Wildman–Crippen LogP) is 7.96. The van der Waals surface area contributed by atoms with E-state index in [4.69, 9.17) is 31.4 Å². The smallest absolute Gasteiger partial charge is 0.475 e. The monoisotopic (exact) mass is 906 g/mol. The Morgan fingerprint density at radius 1 is 0.889 bits per heavy atom. The summed E-state index contributed by atoms with van der Waals surface area (Å²) in [4.78, 5) is 55.9. The lowest BCUT2D eigenvalue weighted by Gasteiger charge is -2.39. The minimum absolute atomic E-state index is 0.0817. The van der Waals surface area contributed by atoms with E-state index in [2.05, 4.69) is 72.7 Å². The van der Waals surface area contributed by atoms with Crippen LogP contribution in [0.4, 0.5) is 32.0 Å². The number of nitrogens with one attached hydrogen (secondary N) is 2. The van der Waals surface area contributed by atoms with Gasteiger partial charge in [-0.25, -0.2) is 9.59 Å². The summed E-state index contributed by atoms with van der Waals surface area (Å²) in [6.07, 6.45) is -5.43. The molecule has 1 saturated heterocycles. The molecule has 4 heterocycles. The van der Waals surface area contributed by atoms with E-state index in [1.54, 1.807) is 0 Å². The van der Waals surface area contributed by atoms with Crippen molar-refractivity contribution >= 4 is 62.8 Å². The number of anilines is 1. The van der Waals surface area contributed by atoms with E-state index in [9.17, 15) is 35.9 Å². The number of aliphatic carboxylic acids is 2. The van der Waals surface area contributed by atoms with Gasteiger partial charge < -0.3 is 39.8 Å². The second kappa shape index (κ2) is 20.3. The number of nitrogens with zero attached hydrogens (tertiary/aromatic N) is 4. The Bertz CT molecular complexity index is 2380. The van der Waals surface area contributed by atoms with Crippen LogP contribution < -0.4 is 10.2 Å². The molecule has 2 aromatic heterocycles. The Kier molecular flexibility index (Phi) is 15.6. The molecule has 2 unspecified atom stereocenters. The van der Waals surface area contributed by atoms with Gasteiger partial charge in [0.1, 0.15) is 5.69 Å². The highest BCUT2D eigenvalue weighted by Gasteiger charge is 2.40. The third-order valence-corrected chi connectivity index (χ3v) is 11.5. The standard InChI is InChI=1S/C40H47ClN6O2.2C2HF3O2/c1-26(33-23-42-34-11-7-6-10-32(33)34)38(40(49)47-25-28(24-44(2)3)19-30-20-31(41)13-14-36(30)47)43-22-27-15-17-46(18-16-27)39(48)37-21-29-9-5-8-12-35(29)45(37)4;2*3-2(4,5)1(6)7/h5-14,20-21,23,26-28,38,42-43H,15-19,22,24-25H2,1-4H3;2*(H,6,7)/t26?,28-,38?;;/m1../s1. The second-order valence-corrected chi connectivity index (χ2v) is 16.4. The molecule has 340 valence electrons. The fourth-order valence-electron chi connectivity index (χ4n) is 8.15. The van der Waals surface area contributed by atoms with Crippen LogP contribution in [0.15, 0.2) is 79.0 Å². The number of H-pyrrole nitrogens is 1. The van der Waals surface area contributed by atoms with Crippen LogP contribution in [0.2, 0.25) is 5.02 Å². The molecule has 19 heteroatoms. The van der Waals surface area contributed by atoms with E-state index in [0.717, 1.165) is 70.1 Å². The summed E-state index contributed by atoms with van der Waals surface area (Å²) in [5.74, 6) is -4.76. The molecule has 0 spiro atoms. The molecule has 0 saturated carbocycles. The molecular formula is C44H49ClF6N6O6. The van der Waals surface area contributed by atoms with Gasteiger partial charge >= 0.3 is 24.3 Å². The summed E-state index contributed by atoms with van der Waals surface area (Å²) < 4.78 is 65.5. The highest BCUT2D eigenvalue weighted by Crippen LogP contribution is 2.36. The lowest BCUT2D eigenvalue weighted by Crippen LogP contribution is -2.54. The minimum Gasteiger partial charge on any atom is -0.475 e. The molecule has 12 nitrogen and oxygen atoms in total. The zero-order chi connectivity index (χ0) is 46.4. The van der Waals surface area contributed by atoms with Gasteiger partial charge in [-0.2, -0.15) is 26.3 Å². The maximum atomic E-state index is 14.9. The third kappa shape index (κ3) is 12.1. The maximum Gasteiger partial charge on any atom is 0.490 e. The average Bonchev–Trinajstić information content (AvgIpc) is 3.81. The Morgan fingerprint density at radius 3 is 2.10 bits per heavy atom. The number of para-hydroxylation sites is 2. The van der Waals surface area contributed by atoms with Crippen molar-refractivity contribution in [3.05, 3.63) is 101 Å². The SMILES string of the molecule is CC(c1c[nH]c2ccccc12)C(NCC1CCN(C(=O)c2cc3ccccc3n2C)CC1)C(=O)N1C[C@@H](CN(C)C)Cc2cc(Cl)ccc21.O=C(O)C(F)(F)F.O=C(O)C(F)(F)F. The van der Waals surface area contributed by atoms with Crippen molar-refractivity contribution in [3.63, 3.8) is 0 Å². The van der Waals surface area contributed by atoms with Crippen LogP contribution in [0.5, 0.6) is 0 Å². The number of hydrogen-bond donors (Lipinski definition) is 4. The molecule has 3 aromatic carbocycles. The van der Waals surface area contributed by atoms with Crippen LogP contribution in [-0.4, -0.2) is 119 Å². The number of aromatic amines is 1. The summed E-state index contributed by atoms with van der Waals surface area (Å²) in [6.45, 7) is 5.84. The molecular weight excluding hydrogens is 858 g/mol. The van der Waals surface area contributed by atoms with Gasteiger partial charge in [0, 0.05) is 77.9 Å². The van der Waals surface area contributed by atoms with Crippen molar-refractivity contribution in [2.45, 2.75) is 50.5 Å². The van der Waals surface area contributed by atoms with Crippen LogP contribution >= 0.6 is 11.6 Å². The Hall–Kier alpha value is -5.59. The van der Waals surface area contributed by atoms with Gasteiger partial charge in [-0.3, -0.25) is 9.59 Å². The number of rotatable bonds is 9. The van der Waals surface area contributed by atoms with E-state index < -0.39 is 30.3 Å². The van der Waals surface area contributed by atoms with E-state index >= 15 is 0 Å². The zero-order valence-electron chi connectivity index (χ0n) is 34.9. The first-order chi connectivity index (χ1) is 29.6. The topological polar surface area (TPSA) is 151 Å².